The Morgan fingerprint density at radius 2 is 2.29 bits per heavy atom. The SMILES string of the molecule is Cc1csc(CCCCN=C(N)NC2CCOc3ccccc32)n1. The molecule has 5 nitrogen and oxygen atoms in total. The van der Waals surface area contributed by atoms with Crippen molar-refractivity contribution in [3.05, 3.63) is 45.9 Å². The van der Waals surface area contributed by atoms with Crippen LogP contribution in [0.3, 0.4) is 0 Å². The quantitative estimate of drug-likeness (QED) is 0.479. The highest BCUT2D eigenvalue weighted by Gasteiger charge is 2.21. The molecule has 0 fully saturated rings. The maximum atomic E-state index is 6.05. The average Bonchev–Trinajstić information content (AvgIpc) is 3.00. The van der Waals surface area contributed by atoms with Crippen LogP contribution in [0.4, 0.5) is 0 Å². The van der Waals surface area contributed by atoms with E-state index in [1.54, 1.807) is 11.3 Å². The summed E-state index contributed by atoms with van der Waals surface area (Å²) in [6.07, 6.45) is 4.03. The van der Waals surface area contributed by atoms with Crippen molar-refractivity contribution in [1.29, 1.82) is 0 Å². The third-order valence-electron chi connectivity index (χ3n) is 4.03. The second-order valence-corrected chi connectivity index (χ2v) is 6.92. The lowest BCUT2D eigenvalue weighted by Gasteiger charge is -2.26. The maximum absolute atomic E-state index is 6.05. The average molecular weight is 344 g/mol. The van der Waals surface area contributed by atoms with Crippen LogP contribution < -0.4 is 15.8 Å². The lowest BCUT2D eigenvalue weighted by molar-refractivity contribution is 0.262. The van der Waals surface area contributed by atoms with Gasteiger partial charge in [0, 0.05) is 29.6 Å². The Labute approximate surface area is 147 Å². The van der Waals surface area contributed by atoms with Crippen LogP contribution in [0.25, 0.3) is 0 Å². The summed E-state index contributed by atoms with van der Waals surface area (Å²) in [5.74, 6) is 1.45. The number of unbranched alkanes of at least 4 members (excludes halogenated alkanes) is 1. The van der Waals surface area contributed by atoms with E-state index < -0.39 is 0 Å². The molecule has 24 heavy (non-hydrogen) atoms. The Bertz CT molecular complexity index is 698. The number of aryl methyl sites for hydroxylation is 2. The zero-order chi connectivity index (χ0) is 16.8. The normalized spacial score (nSPS) is 17.2. The zero-order valence-corrected chi connectivity index (χ0v) is 14.8. The van der Waals surface area contributed by atoms with Crippen LogP contribution in [-0.4, -0.2) is 24.1 Å². The molecule has 3 N–H and O–H groups in total. The molecular formula is C18H24N4OS. The lowest BCUT2D eigenvalue weighted by atomic mass is 10.0. The smallest absolute Gasteiger partial charge is 0.189 e. The van der Waals surface area contributed by atoms with Gasteiger partial charge >= 0.3 is 0 Å². The first-order valence-electron chi connectivity index (χ1n) is 8.41. The van der Waals surface area contributed by atoms with E-state index in [1.165, 1.54) is 5.01 Å². The first kappa shape index (κ1) is 16.8. The summed E-state index contributed by atoms with van der Waals surface area (Å²) in [5, 5.41) is 6.63. The Morgan fingerprint density at radius 1 is 1.42 bits per heavy atom. The maximum Gasteiger partial charge on any atom is 0.189 e. The highest BCUT2D eigenvalue weighted by Crippen LogP contribution is 2.31. The summed E-state index contributed by atoms with van der Waals surface area (Å²) in [6.45, 7) is 3.48. The van der Waals surface area contributed by atoms with Gasteiger partial charge in [-0.2, -0.15) is 0 Å². The van der Waals surface area contributed by atoms with Crippen molar-refractivity contribution in [3.8, 4) is 5.75 Å². The van der Waals surface area contributed by atoms with Crippen LogP contribution in [0.1, 0.15) is 41.6 Å². The summed E-state index contributed by atoms with van der Waals surface area (Å²) in [6, 6.07) is 8.27. The van der Waals surface area contributed by atoms with Gasteiger partial charge in [-0.1, -0.05) is 18.2 Å². The molecule has 0 amide bonds. The second kappa shape index (κ2) is 8.15. The monoisotopic (exact) mass is 344 g/mol. The van der Waals surface area contributed by atoms with Gasteiger partial charge in [-0.05, 0) is 32.3 Å². The van der Waals surface area contributed by atoms with Gasteiger partial charge in [0.25, 0.3) is 0 Å². The van der Waals surface area contributed by atoms with Crippen LogP contribution in [0.5, 0.6) is 5.75 Å². The molecule has 2 heterocycles. The number of thiazole rings is 1. The number of ether oxygens (including phenoxy) is 1. The number of nitrogens with two attached hydrogens (primary N) is 1. The van der Waals surface area contributed by atoms with Gasteiger partial charge in [-0.3, -0.25) is 4.99 Å². The first-order valence-corrected chi connectivity index (χ1v) is 9.29. The van der Waals surface area contributed by atoms with E-state index in [9.17, 15) is 0 Å². The predicted octanol–water partition coefficient (Wildman–Crippen LogP) is 3.20. The van der Waals surface area contributed by atoms with Crippen LogP contribution in [0, 0.1) is 6.92 Å². The second-order valence-electron chi connectivity index (χ2n) is 5.98. The molecule has 0 aliphatic carbocycles. The fraction of sp³-hybridized carbons (Fsp3) is 0.444. The van der Waals surface area contributed by atoms with E-state index in [0.29, 0.717) is 12.6 Å². The molecular weight excluding hydrogens is 320 g/mol. The molecule has 0 saturated heterocycles. The molecule has 6 heteroatoms. The zero-order valence-electron chi connectivity index (χ0n) is 14.0. The Morgan fingerprint density at radius 3 is 3.12 bits per heavy atom. The van der Waals surface area contributed by atoms with E-state index in [4.69, 9.17) is 10.5 Å². The van der Waals surface area contributed by atoms with Crippen molar-refractivity contribution in [1.82, 2.24) is 10.3 Å². The van der Waals surface area contributed by atoms with Crippen molar-refractivity contribution < 1.29 is 4.74 Å². The van der Waals surface area contributed by atoms with Crippen molar-refractivity contribution in [2.75, 3.05) is 13.2 Å². The topological polar surface area (TPSA) is 72.5 Å². The number of guanidine groups is 1. The summed E-state index contributed by atoms with van der Waals surface area (Å²) >= 11 is 1.73. The minimum Gasteiger partial charge on any atom is -0.493 e. The standard InChI is InChI=1S/C18H24N4OS/c1-13-12-24-17(21-13)8-4-5-10-20-18(19)22-15-9-11-23-16-7-3-2-6-14(15)16/h2-3,6-7,12,15H,4-5,8-11H2,1H3,(H3,19,20,22). The van der Waals surface area contributed by atoms with E-state index in [0.717, 1.165) is 49.2 Å². The molecule has 1 aliphatic heterocycles. The molecule has 1 aliphatic rings. The largest absolute Gasteiger partial charge is 0.493 e. The summed E-state index contributed by atoms with van der Waals surface area (Å²) < 4.78 is 5.67. The number of hydrogen-bond donors (Lipinski definition) is 2. The summed E-state index contributed by atoms with van der Waals surface area (Å²) in [4.78, 5) is 8.93. The van der Waals surface area contributed by atoms with Crippen LogP contribution in [-0.2, 0) is 6.42 Å². The van der Waals surface area contributed by atoms with Gasteiger partial charge in [-0.15, -0.1) is 11.3 Å². The molecule has 1 aromatic heterocycles. The highest BCUT2D eigenvalue weighted by atomic mass is 32.1. The van der Waals surface area contributed by atoms with Crippen molar-refractivity contribution >= 4 is 17.3 Å². The van der Waals surface area contributed by atoms with E-state index in [-0.39, 0.29) is 6.04 Å². The fourth-order valence-corrected chi connectivity index (χ4v) is 3.64. The van der Waals surface area contributed by atoms with Crippen molar-refractivity contribution in [3.63, 3.8) is 0 Å². The first-order chi connectivity index (χ1) is 11.7. The number of para-hydroxylation sites is 1. The van der Waals surface area contributed by atoms with Crippen LogP contribution in [0.15, 0.2) is 34.6 Å². The minimum atomic E-state index is 0.178. The Balaban J connectivity index is 1.43. The van der Waals surface area contributed by atoms with Crippen molar-refractivity contribution in [2.45, 2.75) is 38.6 Å². The van der Waals surface area contributed by atoms with E-state index in [2.05, 4.69) is 26.7 Å². The molecule has 0 bridgehead atoms. The minimum absolute atomic E-state index is 0.178. The molecule has 1 aromatic carbocycles. The molecule has 0 saturated carbocycles. The molecule has 0 radical (unpaired) electrons. The molecule has 1 unspecified atom stereocenters. The Hall–Kier alpha value is -2.08. The number of rotatable bonds is 6. The van der Waals surface area contributed by atoms with Crippen LogP contribution in [0.2, 0.25) is 0 Å². The summed E-state index contributed by atoms with van der Waals surface area (Å²) in [5.41, 5.74) is 8.31. The number of hydrogen-bond acceptors (Lipinski definition) is 4. The van der Waals surface area contributed by atoms with E-state index >= 15 is 0 Å². The number of benzene rings is 1. The summed E-state index contributed by atoms with van der Waals surface area (Å²) in [7, 11) is 0. The van der Waals surface area contributed by atoms with Crippen molar-refractivity contribution in [2.24, 2.45) is 10.7 Å². The fourth-order valence-electron chi connectivity index (χ4n) is 2.82. The van der Waals surface area contributed by atoms with Gasteiger partial charge in [0.05, 0.1) is 17.7 Å². The Kier molecular flexibility index (Phi) is 5.69. The molecule has 3 rings (SSSR count). The molecule has 128 valence electrons. The lowest BCUT2D eigenvalue weighted by Crippen LogP contribution is -2.37. The third kappa shape index (κ3) is 4.47. The van der Waals surface area contributed by atoms with Gasteiger partial charge in [0.2, 0.25) is 0 Å². The number of nitrogens with zero attached hydrogens (tertiary/aromatic N) is 2. The van der Waals surface area contributed by atoms with Crippen LogP contribution >= 0.6 is 11.3 Å². The van der Waals surface area contributed by atoms with Gasteiger partial charge < -0.3 is 15.8 Å². The number of aliphatic imine (C=N–C) groups is 1. The highest BCUT2D eigenvalue weighted by molar-refractivity contribution is 7.09. The molecule has 0 spiro atoms. The predicted molar refractivity (Wildman–Crippen MR) is 98.7 cm³/mol. The number of nitrogens with one attached hydrogen (secondary N) is 1. The molecule has 2 aromatic rings. The van der Waals surface area contributed by atoms with Gasteiger partial charge in [-0.25, -0.2) is 4.98 Å². The molecule has 1 atom stereocenters. The van der Waals surface area contributed by atoms with E-state index in [1.807, 2.05) is 25.1 Å². The number of aromatic nitrogens is 1. The van der Waals surface area contributed by atoms with Gasteiger partial charge in [0.15, 0.2) is 5.96 Å². The number of fused-ring (bicyclic) bond motifs is 1. The third-order valence-corrected chi connectivity index (χ3v) is 5.05. The van der Waals surface area contributed by atoms with Gasteiger partial charge in [0.1, 0.15) is 5.75 Å².